The highest BCUT2D eigenvalue weighted by Crippen LogP contribution is 2.42. The molecule has 1 saturated heterocycles. The van der Waals surface area contributed by atoms with Gasteiger partial charge in [0.2, 0.25) is 5.91 Å². The largest absolute Gasteiger partial charge is 0.448 e. The highest BCUT2D eigenvalue weighted by molar-refractivity contribution is 8.00. The Morgan fingerprint density at radius 1 is 0.933 bits per heavy atom. The maximum atomic E-state index is 14.1. The molecule has 2 atom stereocenters. The summed E-state index contributed by atoms with van der Waals surface area (Å²) in [7, 11) is -4.36. The molecule has 0 saturated carbocycles. The zero-order chi connectivity index (χ0) is 31.6. The zero-order valence-corrected chi connectivity index (χ0v) is 26.4. The lowest BCUT2D eigenvalue weighted by Gasteiger charge is -2.49. The third-order valence-electron chi connectivity index (χ3n) is 7.31. The summed E-state index contributed by atoms with van der Waals surface area (Å²) >= 11 is 2.63. The van der Waals surface area contributed by atoms with Gasteiger partial charge in [-0.25, -0.2) is 4.79 Å². The SMILES string of the molecule is Cc1ccc(S(=O)(=O)OC2=C(C(=O)OC(c3ccccc3)c3ccccc3)N3C(=O)C(NC(=O)Cc4cccs4)[C@@H]3SC2)cc1. The molecule has 4 aromatic rings. The summed E-state index contributed by atoms with van der Waals surface area (Å²) in [6, 6.07) is 27.1. The van der Waals surface area contributed by atoms with Gasteiger partial charge in [0.1, 0.15) is 16.3 Å². The van der Waals surface area contributed by atoms with Crippen LogP contribution in [0.1, 0.15) is 27.7 Å². The van der Waals surface area contributed by atoms with E-state index in [-0.39, 0.29) is 34.4 Å². The van der Waals surface area contributed by atoms with Gasteiger partial charge >= 0.3 is 16.1 Å². The second kappa shape index (κ2) is 12.9. The fourth-order valence-corrected chi connectivity index (χ4v) is 8.07. The molecule has 3 aromatic carbocycles. The Morgan fingerprint density at radius 3 is 2.18 bits per heavy atom. The number of hydrogen-bond acceptors (Lipinski definition) is 9. The highest BCUT2D eigenvalue weighted by Gasteiger charge is 2.55. The summed E-state index contributed by atoms with van der Waals surface area (Å²) in [6.07, 6.45) is -0.740. The Balaban J connectivity index is 1.33. The second-order valence-electron chi connectivity index (χ2n) is 10.4. The van der Waals surface area contributed by atoms with Crippen molar-refractivity contribution in [2.75, 3.05) is 5.75 Å². The molecule has 0 aliphatic carbocycles. The Hall–Kier alpha value is -4.39. The fraction of sp³-hybridized carbons (Fsp3) is 0.182. The number of rotatable bonds is 10. The number of aryl methyl sites for hydroxylation is 1. The van der Waals surface area contributed by atoms with Crippen molar-refractivity contribution in [1.29, 1.82) is 0 Å². The van der Waals surface area contributed by atoms with Crippen molar-refractivity contribution in [3.63, 3.8) is 0 Å². The molecule has 2 aliphatic heterocycles. The molecule has 1 aromatic heterocycles. The number of esters is 1. The van der Waals surface area contributed by atoms with Crippen LogP contribution in [-0.2, 0) is 39.8 Å². The molecule has 0 bridgehead atoms. The molecule has 1 unspecified atom stereocenters. The van der Waals surface area contributed by atoms with Crippen molar-refractivity contribution in [3.05, 3.63) is 135 Å². The molecule has 1 N–H and O–H groups in total. The van der Waals surface area contributed by atoms with Crippen LogP contribution in [0.2, 0.25) is 0 Å². The van der Waals surface area contributed by atoms with E-state index in [0.29, 0.717) is 11.1 Å². The maximum absolute atomic E-state index is 14.1. The van der Waals surface area contributed by atoms with Crippen molar-refractivity contribution >= 4 is 51.0 Å². The molecule has 9 nitrogen and oxygen atoms in total. The van der Waals surface area contributed by atoms with Gasteiger partial charge in [0.25, 0.3) is 5.91 Å². The first kappa shape index (κ1) is 30.6. The van der Waals surface area contributed by atoms with Crippen LogP contribution in [-0.4, -0.2) is 48.3 Å². The monoisotopic (exact) mass is 660 g/mol. The standard InChI is InChI=1S/C33H28N2O7S3/c1-21-14-16-25(17-15-21)45(39,40)42-26-20-44-32-28(34-27(36)19-24-13-8-18-43-24)31(37)35(32)29(26)33(38)41-30(22-9-4-2-5-10-22)23-11-6-3-7-12-23/h2-18,28,30,32H,19-20H2,1H3,(H,34,36)/t28?,32-/m0/s1. The van der Waals surface area contributed by atoms with E-state index < -0.39 is 39.5 Å². The minimum absolute atomic E-state index is 0.0530. The van der Waals surface area contributed by atoms with Crippen LogP contribution in [0, 0.1) is 6.92 Å². The van der Waals surface area contributed by atoms with Crippen LogP contribution in [0.3, 0.4) is 0 Å². The van der Waals surface area contributed by atoms with Crippen molar-refractivity contribution < 1.29 is 31.7 Å². The van der Waals surface area contributed by atoms with E-state index in [1.54, 1.807) is 12.1 Å². The number of thioether (sulfide) groups is 1. The lowest BCUT2D eigenvalue weighted by molar-refractivity contribution is -0.155. The van der Waals surface area contributed by atoms with E-state index in [1.807, 2.05) is 85.1 Å². The third-order valence-corrected chi connectivity index (χ3v) is 10.7. The number of fused-ring (bicyclic) bond motifs is 1. The highest BCUT2D eigenvalue weighted by atomic mass is 32.2. The van der Waals surface area contributed by atoms with Crippen LogP contribution in [0.15, 0.2) is 119 Å². The van der Waals surface area contributed by atoms with Crippen LogP contribution >= 0.6 is 23.1 Å². The topological polar surface area (TPSA) is 119 Å². The predicted octanol–water partition coefficient (Wildman–Crippen LogP) is 4.95. The van der Waals surface area contributed by atoms with E-state index in [0.717, 1.165) is 10.4 Å². The summed E-state index contributed by atoms with van der Waals surface area (Å²) in [5.74, 6) is -2.10. The van der Waals surface area contributed by atoms with Crippen LogP contribution in [0.25, 0.3) is 0 Å². The molecule has 3 heterocycles. The Bertz CT molecular complexity index is 1800. The number of nitrogens with one attached hydrogen (secondary N) is 1. The molecule has 12 heteroatoms. The lowest BCUT2D eigenvalue weighted by Crippen LogP contribution is -2.70. The Labute approximate surface area is 269 Å². The molecule has 2 amide bonds. The number of hydrogen-bond donors (Lipinski definition) is 1. The molecule has 45 heavy (non-hydrogen) atoms. The lowest BCUT2D eigenvalue weighted by atomic mass is 10.0. The molecular weight excluding hydrogens is 633 g/mol. The minimum Gasteiger partial charge on any atom is -0.448 e. The average Bonchev–Trinajstić information content (AvgIpc) is 3.56. The van der Waals surface area contributed by atoms with Gasteiger partial charge in [0, 0.05) is 4.88 Å². The van der Waals surface area contributed by atoms with Gasteiger partial charge in [-0.05, 0) is 41.6 Å². The number of carbonyl (C=O) groups excluding carboxylic acids is 3. The Kier molecular flexibility index (Phi) is 8.79. The number of thiophene rings is 1. The summed E-state index contributed by atoms with van der Waals surface area (Å²) in [6.45, 7) is 1.83. The van der Waals surface area contributed by atoms with E-state index in [4.69, 9.17) is 8.92 Å². The summed E-state index contributed by atoms with van der Waals surface area (Å²) in [5.41, 5.74) is 1.92. The first-order valence-electron chi connectivity index (χ1n) is 14.0. The number of amides is 2. The minimum atomic E-state index is -4.36. The summed E-state index contributed by atoms with van der Waals surface area (Å²) in [5, 5.41) is 3.98. The predicted molar refractivity (Wildman–Crippen MR) is 170 cm³/mol. The normalized spacial score (nSPS) is 17.8. The molecular formula is C33H28N2O7S3. The second-order valence-corrected chi connectivity index (χ2v) is 14.1. The number of β-lactam (4-membered cyclic amide) rings is 1. The third kappa shape index (κ3) is 6.53. The fourth-order valence-electron chi connectivity index (χ4n) is 5.07. The van der Waals surface area contributed by atoms with Crippen LogP contribution in [0.5, 0.6) is 0 Å². The smallest absolute Gasteiger partial charge is 0.359 e. The van der Waals surface area contributed by atoms with Gasteiger partial charge in [0.05, 0.1) is 12.2 Å². The number of carbonyl (C=O) groups is 3. The maximum Gasteiger partial charge on any atom is 0.359 e. The van der Waals surface area contributed by atoms with Gasteiger partial charge in [-0.15, -0.1) is 23.1 Å². The van der Waals surface area contributed by atoms with Gasteiger partial charge in [0.15, 0.2) is 17.6 Å². The molecule has 230 valence electrons. The quantitative estimate of drug-likeness (QED) is 0.144. The number of nitrogens with zero attached hydrogens (tertiary/aromatic N) is 1. The van der Waals surface area contributed by atoms with Crippen molar-refractivity contribution in [2.45, 2.75) is 35.8 Å². The first-order chi connectivity index (χ1) is 21.7. The van der Waals surface area contributed by atoms with Crippen molar-refractivity contribution in [2.24, 2.45) is 0 Å². The van der Waals surface area contributed by atoms with E-state index in [9.17, 15) is 22.8 Å². The van der Waals surface area contributed by atoms with Crippen LogP contribution < -0.4 is 5.32 Å². The van der Waals surface area contributed by atoms with E-state index >= 15 is 0 Å². The molecule has 1 fully saturated rings. The zero-order valence-electron chi connectivity index (χ0n) is 24.0. The average molecular weight is 661 g/mol. The van der Waals surface area contributed by atoms with Gasteiger partial charge in [-0.1, -0.05) is 84.4 Å². The number of benzene rings is 3. The van der Waals surface area contributed by atoms with Crippen molar-refractivity contribution in [3.8, 4) is 0 Å². The first-order valence-corrected chi connectivity index (χ1v) is 17.4. The van der Waals surface area contributed by atoms with Crippen molar-refractivity contribution in [1.82, 2.24) is 10.2 Å². The summed E-state index contributed by atoms with van der Waals surface area (Å²) in [4.78, 5) is 42.3. The molecule has 0 spiro atoms. The molecule has 6 rings (SSSR count). The van der Waals surface area contributed by atoms with E-state index in [2.05, 4.69) is 5.32 Å². The number of ether oxygens (including phenoxy) is 1. The van der Waals surface area contributed by atoms with Gasteiger partial charge in [-0.3, -0.25) is 14.5 Å². The van der Waals surface area contributed by atoms with E-state index in [1.165, 1.54) is 40.1 Å². The molecule has 2 aliphatic rings. The van der Waals surface area contributed by atoms with Crippen LogP contribution in [0.4, 0.5) is 0 Å². The summed E-state index contributed by atoms with van der Waals surface area (Å²) < 4.78 is 38.3. The Morgan fingerprint density at radius 2 is 1.58 bits per heavy atom. The van der Waals surface area contributed by atoms with Gasteiger partial charge < -0.3 is 14.2 Å². The molecule has 0 radical (unpaired) electrons. The van der Waals surface area contributed by atoms with Gasteiger partial charge in [-0.2, -0.15) is 8.42 Å².